The molecule has 0 saturated carbocycles. The lowest BCUT2D eigenvalue weighted by atomic mass is 10.1. The average Bonchev–Trinajstić information content (AvgIpc) is 3.16. The van der Waals surface area contributed by atoms with E-state index in [1.165, 1.54) is 0 Å². The number of hydrogen-bond donors (Lipinski definition) is 2. The molecule has 0 bridgehead atoms. The molecule has 2 aromatic carbocycles. The Kier molecular flexibility index (Phi) is 6.01. The molecule has 0 unspecified atom stereocenters. The van der Waals surface area contributed by atoms with E-state index >= 15 is 0 Å². The van der Waals surface area contributed by atoms with Crippen molar-refractivity contribution in [3.05, 3.63) is 58.6 Å². The zero-order valence-electron chi connectivity index (χ0n) is 15.6. The van der Waals surface area contributed by atoms with Crippen LogP contribution in [0.4, 0.5) is 11.4 Å². The number of benzene rings is 2. The fourth-order valence-corrected chi connectivity index (χ4v) is 3.43. The van der Waals surface area contributed by atoms with Crippen molar-refractivity contribution in [3.63, 3.8) is 0 Å². The van der Waals surface area contributed by atoms with E-state index in [0.29, 0.717) is 21.8 Å². The summed E-state index contributed by atoms with van der Waals surface area (Å²) in [6.07, 6.45) is 2.24. The summed E-state index contributed by atoms with van der Waals surface area (Å²) in [5, 5.41) is 6.18. The first-order chi connectivity index (χ1) is 13.0. The molecule has 0 aromatic heterocycles. The number of nitrogens with zero attached hydrogens (tertiary/aromatic N) is 1. The fourth-order valence-electron chi connectivity index (χ4n) is 3.21. The molecule has 142 valence electrons. The number of anilines is 2. The lowest BCUT2D eigenvalue weighted by Crippen LogP contribution is -2.32. The molecule has 5 nitrogen and oxygen atoms in total. The second-order valence-corrected chi connectivity index (χ2v) is 7.40. The molecule has 0 atom stereocenters. The molecule has 27 heavy (non-hydrogen) atoms. The zero-order valence-corrected chi connectivity index (χ0v) is 16.3. The largest absolute Gasteiger partial charge is 0.371 e. The zero-order chi connectivity index (χ0) is 19.4. The van der Waals surface area contributed by atoms with Crippen molar-refractivity contribution in [3.8, 4) is 0 Å². The van der Waals surface area contributed by atoms with E-state index in [0.717, 1.165) is 31.6 Å². The second kappa shape index (κ2) is 8.44. The van der Waals surface area contributed by atoms with Gasteiger partial charge in [-0.3, -0.25) is 9.59 Å². The number of carbonyl (C=O) groups is 2. The smallest absolute Gasteiger partial charge is 0.257 e. The highest BCUT2D eigenvalue weighted by atomic mass is 35.5. The van der Waals surface area contributed by atoms with Crippen molar-refractivity contribution < 1.29 is 9.59 Å². The summed E-state index contributed by atoms with van der Waals surface area (Å²) < 4.78 is 0. The number of halogens is 1. The van der Waals surface area contributed by atoms with Gasteiger partial charge in [0.2, 0.25) is 0 Å². The number of hydrogen-bond acceptors (Lipinski definition) is 3. The van der Waals surface area contributed by atoms with Crippen LogP contribution in [0.15, 0.2) is 42.5 Å². The minimum atomic E-state index is -0.301. The van der Waals surface area contributed by atoms with Crippen LogP contribution in [0.25, 0.3) is 0 Å². The summed E-state index contributed by atoms with van der Waals surface area (Å²) >= 11 is 6.10. The van der Waals surface area contributed by atoms with Crippen LogP contribution in [0.3, 0.4) is 0 Å². The molecule has 0 spiro atoms. The van der Waals surface area contributed by atoms with Crippen LogP contribution >= 0.6 is 11.6 Å². The van der Waals surface area contributed by atoms with E-state index in [2.05, 4.69) is 15.5 Å². The number of nitrogens with one attached hydrogen (secondary N) is 2. The molecule has 1 fully saturated rings. The molecule has 2 aromatic rings. The Morgan fingerprint density at radius 2 is 1.70 bits per heavy atom. The summed E-state index contributed by atoms with van der Waals surface area (Å²) in [4.78, 5) is 27.5. The van der Waals surface area contributed by atoms with Gasteiger partial charge in [-0.05, 0) is 57.0 Å². The van der Waals surface area contributed by atoms with Crippen molar-refractivity contribution in [1.82, 2.24) is 5.32 Å². The van der Waals surface area contributed by atoms with Crippen LogP contribution in [-0.4, -0.2) is 30.9 Å². The van der Waals surface area contributed by atoms with E-state index < -0.39 is 0 Å². The van der Waals surface area contributed by atoms with Gasteiger partial charge in [0, 0.05) is 30.5 Å². The molecule has 0 aliphatic carbocycles. The Morgan fingerprint density at radius 1 is 1.00 bits per heavy atom. The standard InChI is InChI=1S/C21H24ClN3O2/c1-14(2)23-21(27)17-13-15(9-10-19(17)25-11-5-6-12-25)24-20(26)16-7-3-4-8-18(16)22/h3-4,7-10,13-14H,5-6,11-12H2,1-2H3,(H,23,27)(H,24,26). The maximum absolute atomic E-state index is 12.7. The molecule has 1 saturated heterocycles. The number of rotatable bonds is 5. The first kappa shape index (κ1) is 19.2. The van der Waals surface area contributed by atoms with Gasteiger partial charge in [-0.25, -0.2) is 0 Å². The van der Waals surface area contributed by atoms with Crippen molar-refractivity contribution in [2.24, 2.45) is 0 Å². The third-order valence-corrected chi connectivity index (χ3v) is 4.81. The fraction of sp³-hybridized carbons (Fsp3) is 0.333. The number of amides is 2. The van der Waals surface area contributed by atoms with Crippen LogP contribution < -0.4 is 15.5 Å². The normalized spacial score (nSPS) is 13.7. The molecule has 1 heterocycles. The summed E-state index contributed by atoms with van der Waals surface area (Å²) in [6, 6.07) is 12.4. The van der Waals surface area contributed by atoms with Crippen LogP contribution in [0, 0.1) is 0 Å². The molecule has 2 N–H and O–H groups in total. The van der Waals surface area contributed by atoms with Crippen LogP contribution in [-0.2, 0) is 0 Å². The van der Waals surface area contributed by atoms with Crippen molar-refractivity contribution in [2.75, 3.05) is 23.3 Å². The third kappa shape index (κ3) is 4.61. The van der Waals surface area contributed by atoms with E-state index in [4.69, 9.17) is 11.6 Å². The highest BCUT2D eigenvalue weighted by Gasteiger charge is 2.21. The van der Waals surface area contributed by atoms with Crippen LogP contribution in [0.2, 0.25) is 5.02 Å². The highest BCUT2D eigenvalue weighted by Crippen LogP contribution is 2.28. The van der Waals surface area contributed by atoms with Gasteiger partial charge >= 0.3 is 0 Å². The van der Waals surface area contributed by atoms with Crippen molar-refractivity contribution in [1.29, 1.82) is 0 Å². The minimum absolute atomic E-state index is 0.0327. The molecular weight excluding hydrogens is 362 g/mol. The molecule has 1 aliphatic heterocycles. The molecule has 1 aliphatic rings. The van der Waals surface area contributed by atoms with E-state index in [9.17, 15) is 9.59 Å². The van der Waals surface area contributed by atoms with E-state index in [-0.39, 0.29) is 17.9 Å². The minimum Gasteiger partial charge on any atom is -0.371 e. The Bertz CT molecular complexity index is 845. The van der Waals surface area contributed by atoms with Gasteiger partial charge in [0.25, 0.3) is 11.8 Å². The maximum Gasteiger partial charge on any atom is 0.257 e. The lowest BCUT2D eigenvalue weighted by Gasteiger charge is -2.22. The highest BCUT2D eigenvalue weighted by molar-refractivity contribution is 6.34. The van der Waals surface area contributed by atoms with Crippen molar-refractivity contribution in [2.45, 2.75) is 32.7 Å². The lowest BCUT2D eigenvalue weighted by molar-refractivity contribution is 0.0942. The number of carbonyl (C=O) groups excluding carboxylic acids is 2. The Balaban J connectivity index is 1.89. The first-order valence-electron chi connectivity index (χ1n) is 9.21. The Hall–Kier alpha value is -2.53. The van der Waals surface area contributed by atoms with Gasteiger partial charge in [-0.1, -0.05) is 23.7 Å². The quantitative estimate of drug-likeness (QED) is 0.805. The summed E-state index contributed by atoms with van der Waals surface area (Å²) in [5.74, 6) is -0.439. The van der Waals surface area contributed by atoms with Gasteiger partial charge in [0.15, 0.2) is 0 Å². The summed E-state index contributed by atoms with van der Waals surface area (Å²) in [5.41, 5.74) is 2.44. The summed E-state index contributed by atoms with van der Waals surface area (Å²) in [7, 11) is 0. The maximum atomic E-state index is 12.7. The Labute approximate surface area is 164 Å². The van der Waals surface area contributed by atoms with Gasteiger partial charge in [-0.15, -0.1) is 0 Å². The van der Waals surface area contributed by atoms with Crippen molar-refractivity contribution >= 4 is 34.8 Å². The topological polar surface area (TPSA) is 61.4 Å². The summed E-state index contributed by atoms with van der Waals surface area (Å²) in [6.45, 7) is 5.73. The van der Waals surface area contributed by atoms with Gasteiger partial charge in [0.1, 0.15) is 0 Å². The molecule has 3 rings (SSSR count). The second-order valence-electron chi connectivity index (χ2n) is 6.99. The predicted molar refractivity (Wildman–Crippen MR) is 110 cm³/mol. The van der Waals surface area contributed by atoms with Gasteiger partial charge in [0.05, 0.1) is 16.1 Å². The molecular formula is C21H24ClN3O2. The van der Waals surface area contributed by atoms with Gasteiger partial charge < -0.3 is 15.5 Å². The average molecular weight is 386 g/mol. The third-order valence-electron chi connectivity index (χ3n) is 4.48. The molecule has 0 radical (unpaired) electrons. The SMILES string of the molecule is CC(C)NC(=O)c1cc(NC(=O)c2ccccc2Cl)ccc1N1CCCC1. The molecule has 6 heteroatoms. The predicted octanol–water partition coefficient (Wildman–Crippen LogP) is 4.33. The van der Waals surface area contributed by atoms with E-state index in [1.807, 2.05) is 26.0 Å². The first-order valence-corrected chi connectivity index (χ1v) is 9.59. The van der Waals surface area contributed by atoms with Gasteiger partial charge in [-0.2, -0.15) is 0 Å². The van der Waals surface area contributed by atoms with Crippen LogP contribution in [0.5, 0.6) is 0 Å². The Morgan fingerprint density at radius 3 is 2.37 bits per heavy atom. The monoisotopic (exact) mass is 385 g/mol. The van der Waals surface area contributed by atoms with E-state index in [1.54, 1.807) is 30.3 Å². The molecule has 2 amide bonds. The van der Waals surface area contributed by atoms with Crippen LogP contribution in [0.1, 0.15) is 47.4 Å².